The molecule has 94 valence electrons. The van der Waals surface area contributed by atoms with Crippen molar-refractivity contribution in [1.82, 2.24) is 5.32 Å². The maximum Gasteiger partial charge on any atom is 0.167 e. The van der Waals surface area contributed by atoms with Gasteiger partial charge < -0.3 is 14.8 Å². The summed E-state index contributed by atoms with van der Waals surface area (Å²) >= 11 is 0. The number of rotatable bonds is 8. The zero-order chi connectivity index (χ0) is 12.5. The van der Waals surface area contributed by atoms with Gasteiger partial charge in [-0.3, -0.25) is 4.79 Å². The van der Waals surface area contributed by atoms with Gasteiger partial charge in [0, 0.05) is 20.1 Å². The molecule has 0 atom stereocenters. The van der Waals surface area contributed by atoms with E-state index in [1.54, 1.807) is 13.2 Å². The van der Waals surface area contributed by atoms with Gasteiger partial charge in [0.2, 0.25) is 0 Å². The van der Waals surface area contributed by atoms with Crippen LogP contribution in [0.15, 0.2) is 24.3 Å². The molecule has 0 aliphatic heterocycles. The molecule has 0 fully saturated rings. The summed E-state index contributed by atoms with van der Waals surface area (Å²) in [5, 5.41) is 2.96. The Morgan fingerprint density at radius 1 is 1.29 bits per heavy atom. The number of ketones is 1. The zero-order valence-corrected chi connectivity index (χ0v) is 10.4. The van der Waals surface area contributed by atoms with Crippen LogP contribution in [0.25, 0.3) is 0 Å². The molecule has 1 aromatic carbocycles. The lowest BCUT2D eigenvalue weighted by Crippen LogP contribution is -2.14. The summed E-state index contributed by atoms with van der Waals surface area (Å²) in [5.41, 5.74) is 0.638. The Morgan fingerprint density at radius 3 is 2.76 bits per heavy atom. The van der Waals surface area contributed by atoms with E-state index >= 15 is 0 Å². The molecule has 4 nitrogen and oxygen atoms in total. The molecule has 4 heteroatoms. The molecule has 0 radical (unpaired) electrons. The third-order valence-corrected chi connectivity index (χ3v) is 2.33. The van der Waals surface area contributed by atoms with Gasteiger partial charge in [0.25, 0.3) is 0 Å². The van der Waals surface area contributed by atoms with Crippen molar-refractivity contribution in [2.45, 2.75) is 6.42 Å². The normalized spacial score (nSPS) is 10.2. The maximum absolute atomic E-state index is 11.9. The molecule has 0 aromatic heterocycles. The van der Waals surface area contributed by atoms with E-state index < -0.39 is 0 Å². The van der Waals surface area contributed by atoms with E-state index in [-0.39, 0.29) is 5.78 Å². The van der Waals surface area contributed by atoms with Gasteiger partial charge in [0.05, 0.1) is 12.2 Å². The number of nitrogens with one attached hydrogen (secondary N) is 1. The minimum atomic E-state index is 0.0902. The van der Waals surface area contributed by atoms with Crippen LogP contribution in [0.5, 0.6) is 5.75 Å². The van der Waals surface area contributed by atoms with Gasteiger partial charge in [0.1, 0.15) is 12.4 Å². The number of carbonyl (C=O) groups is 1. The van der Waals surface area contributed by atoms with Gasteiger partial charge in [-0.05, 0) is 19.2 Å². The highest BCUT2D eigenvalue weighted by molar-refractivity contribution is 5.98. The van der Waals surface area contributed by atoms with Crippen molar-refractivity contribution < 1.29 is 14.3 Å². The van der Waals surface area contributed by atoms with E-state index in [0.717, 1.165) is 0 Å². The molecular formula is C13H19NO3. The van der Waals surface area contributed by atoms with Crippen molar-refractivity contribution in [3.8, 4) is 5.75 Å². The smallest absolute Gasteiger partial charge is 0.167 e. The summed E-state index contributed by atoms with van der Waals surface area (Å²) in [4.78, 5) is 11.9. The molecule has 0 saturated carbocycles. The first-order valence-electron chi connectivity index (χ1n) is 5.68. The molecule has 0 saturated heterocycles. The lowest BCUT2D eigenvalue weighted by atomic mass is 10.1. The number of hydrogen-bond acceptors (Lipinski definition) is 4. The van der Waals surface area contributed by atoms with E-state index in [1.165, 1.54) is 0 Å². The highest BCUT2D eigenvalue weighted by Gasteiger charge is 2.11. The summed E-state index contributed by atoms with van der Waals surface area (Å²) < 4.78 is 10.4. The molecule has 1 N–H and O–H groups in total. The molecule has 0 unspecified atom stereocenters. The van der Waals surface area contributed by atoms with Crippen molar-refractivity contribution in [1.29, 1.82) is 0 Å². The molecular weight excluding hydrogens is 218 g/mol. The van der Waals surface area contributed by atoms with Gasteiger partial charge in [-0.15, -0.1) is 0 Å². The monoisotopic (exact) mass is 237 g/mol. The van der Waals surface area contributed by atoms with Gasteiger partial charge in [-0.1, -0.05) is 12.1 Å². The second-order valence-electron chi connectivity index (χ2n) is 3.61. The van der Waals surface area contributed by atoms with Crippen molar-refractivity contribution in [3.63, 3.8) is 0 Å². The Bertz CT molecular complexity index is 352. The minimum Gasteiger partial charge on any atom is -0.490 e. The number of para-hydroxylation sites is 1. The fourth-order valence-corrected chi connectivity index (χ4v) is 1.43. The predicted molar refractivity (Wildman–Crippen MR) is 66.7 cm³/mol. The first-order valence-corrected chi connectivity index (χ1v) is 5.68. The number of benzene rings is 1. The average molecular weight is 237 g/mol. The minimum absolute atomic E-state index is 0.0902. The highest BCUT2D eigenvalue weighted by atomic mass is 16.5. The number of ether oxygens (including phenoxy) is 2. The predicted octanol–water partition coefficient (Wildman–Crippen LogP) is 1.50. The molecule has 0 aliphatic carbocycles. The van der Waals surface area contributed by atoms with E-state index in [0.29, 0.717) is 37.5 Å². The SMILES string of the molecule is CNCCC(=O)c1ccccc1OCCOC. The van der Waals surface area contributed by atoms with Crippen LogP contribution in [0.3, 0.4) is 0 Å². The van der Waals surface area contributed by atoms with E-state index in [4.69, 9.17) is 9.47 Å². The molecule has 1 aromatic rings. The quantitative estimate of drug-likeness (QED) is 0.550. The number of Topliss-reactive ketones (excluding diaryl/α,β-unsaturated/α-hetero) is 1. The van der Waals surface area contributed by atoms with Crippen LogP contribution in [0.1, 0.15) is 16.8 Å². The van der Waals surface area contributed by atoms with Crippen LogP contribution in [0.4, 0.5) is 0 Å². The fraction of sp³-hybridized carbons (Fsp3) is 0.462. The average Bonchev–Trinajstić information content (AvgIpc) is 2.37. The zero-order valence-electron chi connectivity index (χ0n) is 10.4. The molecule has 17 heavy (non-hydrogen) atoms. The lowest BCUT2D eigenvalue weighted by Gasteiger charge is -2.10. The number of hydrogen-bond donors (Lipinski definition) is 1. The second-order valence-corrected chi connectivity index (χ2v) is 3.61. The van der Waals surface area contributed by atoms with E-state index in [1.807, 2.05) is 25.2 Å². The van der Waals surface area contributed by atoms with Gasteiger partial charge in [-0.2, -0.15) is 0 Å². The molecule has 0 heterocycles. The molecule has 0 bridgehead atoms. The fourth-order valence-electron chi connectivity index (χ4n) is 1.43. The van der Waals surface area contributed by atoms with Gasteiger partial charge in [0.15, 0.2) is 5.78 Å². The Hall–Kier alpha value is -1.39. The van der Waals surface area contributed by atoms with Crippen molar-refractivity contribution in [3.05, 3.63) is 29.8 Å². The first kappa shape index (κ1) is 13.7. The van der Waals surface area contributed by atoms with Crippen molar-refractivity contribution in [2.75, 3.05) is 33.9 Å². The van der Waals surface area contributed by atoms with Crippen LogP contribution >= 0.6 is 0 Å². The van der Waals surface area contributed by atoms with Crippen LogP contribution in [0.2, 0.25) is 0 Å². The van der Waals surface area contributed by atoms with Crippen molar-refractivity contribution >= 4 is 5.78 Å². The Labute approximate surface area is 102 Å². The van der Waals surface area contributed by atoms with Gasteiger partial charge in [-0.25, -0.2) is 0 Å². The third kappa shape index (κ3) is 4.54. The Morgan fingerprint density at radius 2 is 2.06 bits per heavy atom. The van der Waals surface area contributed by atoms with Crippen LogP contribution in [0, 0.1) is 0 Å². The molecule has 1 rings (SSSR count). The summed E-state index contributed by atoms with van der Waals surface area (Å²) in [5.74, 6) is 0.720. The van der Waals surface area contributed by atoms with Crippen LogP contribution < -0.4 is 10.1 Å². The Balaban J connectivity index is 2.66. The van der Waals surface area contributed by atoms with Gasteiger partial charge >= 0.3 is 0 Å². The van der Waals surface area contributed by atoms with Crippen LogP contribution in [-0.4, -0.2) is 39.7 Å². The largest absolute Gasteiger partial charge is 0.490 e. The second kappa shape index (κ2) is 7.81. The molecule has 0 spiro atoms. The standard InChI is InChI=1S/C13H19NO3/c1-14-8-7-12(15)11-5-3-4-6-13(11)17-10-9-16-2/h3-6,14H,7-10H2,1-2H3. The van der Waals surface area contributed by atoms with E-state index in [2.05, 4.69) is 5.32 Å². The third-order valence-electron chi connectivity index (χ3n) is 2.33. The number of carbonyl (C=O) groups excluding carboxylic acids is 1. The molecule has 0 aliphatic rings. The summed E-state index contributed by atoms with van der Waals surface area (Å²) in [7, 11) is 3.45. The lowest BCUT2D eigenvalue weighted by molar-refractivity contribution is 0.0975. The molecule has 0 amide bonds. The topological polar surface area (TPSA) is 47.6 Å². The number of methoxy groups -OCH3 is 1. The Kier molecular flexibility index (Phi) is 6.29. The van der Waals surface area contributed by atoms with Crippen LogP contribution in [-0.2, 0) is 4.74 Å². The van der Waals surface area contributed by atoms with E-state index in [9.17, 15) is 4.79 Å². The van der Waals surface area contributed by atoms with Crippen molar-refractivity contribution in [2.24, 2.45) is 0 Å². The first-order chi connectivity index (χ1) is 8.29. The highest BCUT2D eigenvalue weighted by Crippen LogP contribution is 2.19. The summed E-state index contributed by atoms with van der Waals surface area (Å²) in [6, 6.07) is 7.30. The summed E-state index contributed by atoms with van der Waals surface area (Å²) in [6.45, 7) is 1.64. The maximum atomic E-state index is 11.9. The summed E-state index contributed by atoms with van der Waals surface area (Å²) in [6.07, 6.45) is 0.473.